The number of carbonyl (C=O) groups excluding carboxylic acids is 1. The first-order valence-corrected chi connectivity index (χ1v) is 8.13. The fraction of sp³-hybridized carbons (Fsp3) is 0. The highest BCUT2D eigenvalue weighted by molar-refractivity contribution is 9.11. The Morgan fingerprint density at radius 2 is 1.86 bits per heavy atom. The van der Waals surface area contributed by atoms with Gasteiger partial charge in [-0.3, -0.25) is 4.79 Å². The lowest BCUT2D eigenvalue weighted by atomic mass is 10.2. The van der Waals surface area contributed by atoms with Crippen LogP contribution < -0.4 is 5.43 Å². The van der Waals surface area contributed by atoms with Gasteiger partial charge in [0, 0.05) is 14.5 Å². The minimum Gasteiger partial charge on any atom is -0.506 e. The molecule has 2 aromatic carbocycles. The fourth-order valence-electron chi connectivity index (χ4n) is 1.55. The van der Waals surface area contributed by atoms with Crippen molar-refractivity contribution >= 4 is 59.9 Å². The summed E-state index contributed by atoms with van der Waals surface area (Å²) in [4.78, 5) is 11.9. The molecule has 0 aliphatic carbocycles. The van der Waals surface area contributed by atoms with E-state index in [1.807, 2.05) is 6.07 Å². The van der Waals surface area contributed by atoms with Gasteiger partial charge >= 0.3 is 0 Å². The number of rotatable bonds is 3. The third-order valence-corrected chi connectivity index (χ3v) is 4.30. The monoisotopic (exact) mass is 474 g/mol. The Bertz CT molecular complexity index is 717. The summed E-state index contributed by atoms with van der Waals surface area (Å²) in [5.41, 5.74) is 3.37. The molecule has 0 fully saturated rings. The Kier molecular flexibility index (Phi) is 5.55. The molecule has 0 aromatic heterocycles. The number of phenols is 1. The molecular formula is C14H9Br3N2O2. The van der Waals surface area contributed by atoms with Crippen molar-refractivity contribution in [2.45, 2.75) is 0 Å². The molecule has 108 valence electrons. The maximum atomic E-state index is 11.9. The van der Waals surface area contributed by atoms with Crippen LogP contribution in [0.25, 0.3) is 0 Å². The molecule has 1 amide bonds. The lowest BCUT2D eigenvalue weighted by molar-refractivity contribution is 0.0954. The first-order valence-electron chi connectivity index (χ1n) is 5.75. The summed E-state index contributed by atoms with van der Waals surface area (Å²) in [7, 11) is 0. The van der Waals surface area contributed by atoms with Gasteiger partial charge in [0.05, 0.1) is 16.3 Å². The zero-order valence-corrected chi connectivity index (χ0v) is 15.2. The molecule has 4 nitrogen and oxygen atoms in total. The second-order valence-corrected chi connectivity index (χ2v) is 6.63. The minimum atomic E-state index is -0.340. The lowest BCUT2D eigenvalue weighted by Crippen LogP contribution is -2.18. The zero-order valence-electron chi connectivity index (χ0n) is 10.5. The zero-order chi connectivity index (χ0) is 15.4. The number of benzene rings is 2. The van der Waals surface area contributed by atoms with Crippen LogP contribution in [0.2, 0.25) is 0 Å². The number of nitrogens with zero attached hydrogens (tertiary/aromatic N) is 1. The molecule has 2 rings (SSSR count). The summed E-state index contributed by atoms with van der Waals surface area (Å²) in [6.07, 6.45) is 1.37. The van der Waals surface area contributed by atoms with Crippen LogP contribution in [0.1, 0.15) is 15.9 Å². The number of amides is 1. The molecule has 0 heterocycles. The second-order valence-electron chi connectivity index (χ2n) is 4.00. The van der Waals surface area contributed by atoms with Crippen LogP contribution in [0.5, 0.6) is 5.75 Å². The Balaban J connectivity index is 2.13. The van der Waals surface area contributed by atoms with Crippen molar-refractivity contribution in [1.82, 2.24) is 5.43 Å². The van der Waals surface area contributed by atoms with Gasteiger partial charge < -0.3 is 5.11 Å². The molecule has 2 N–H and O–H groups in total. The highest BCUT2D eigenvalue weighted by Crippen LogP contribution is 2.30. The minimum absolute atomic E-state index is 0.0529. The third kappa shape index (κ3) is 4.15. The molecule has 21 heavy (non-hydrogen) atoms. The van der Waals surface area contributed by atoms with E-state index in [4.69, 9.17) is 0 Å². The SMILES string of the molecule is O=C(NN=Cc1cc(Br)cc(Br)c1O)c1ccccc1Br. The van der Waals surface area contributed by atoms with Crippen LogP contribution in [0.4, 0.5) is 0 Å². The Morgan fingerprint density at radius 1 is 1.14 bits per heavy atom. The predicted octanol–water partition coefficient (Wildman–Crippen LogP) is 4.44. The van der Waals surface area contributed by atoms with Gasteiger partial charge in [0.2, 0.25) is 0 Å². The van der Waals surface area contributed by atoms with E-state index in [0.717, 1.165) is 4.47 Å². The quantitative estimate of drug-likeness (QED) is 0.508. The fourth-order valence-corrected chi connectivity index (χ4v) is 3.27. The number of halogens is 3. The van der Waals surface area contributed by atoms with Gasteiger partial charge in [-0.15, -0.1) is 0 Å². The number of hydrogen-bond donors (Lipinski definition) is 2. The largest absolute Gasteiger partial charge is 0.506 e. The van der Waals surface area contributed by atoms with Gasteiger partial charge in [-0.2, -0.15) is 5.10 Å². The van der Waals surface area contributed by atoms with E-state index in [-0.39, 0.29) is 11.7 Å². The van der Waals surface area contributed by atoms with Crippen molar-refractivity contribution in [2.75, 3.05) is 0 Å². The highest BCUT2D eigenvalue weighted by Gasteiger charge is 2.08. The number of aromatic hydroxyl groups is 1. The average Bonchev–Trinajstić information content (AvgIpc) is 2.44. The van der Waals surface area contributed by atoms with E-state index in [0.29, 0.717) is 20.1 Å². The molecule has 0 aliphatic rings. The topological polar surface area (TPSA) is 61.7 Å². The summed E-state index contributed by atoms with van der Waals surface area (Å²) < 4.78 is 2.01. The van der Waals surface area contributed by atoms with Crippen molar-refractivity contribution in [3.63, 3.8) is 0 Å². The molecule has 0 unspecified atom stereocenters. The third-order valence-electron chi connectivity index (χ3n) is 2.55. The predicted molar refractivity (Wildman–Crippen MR) is 92.7 cm³/mol. The molecule has 0 spiro atoms. The van der Waals surface area contributed by atoms with Gasteiger partial charge in [0.15, 0.2) is 0 Å². The molecule has 2 aromatic rings. The number of phenolic OH excluding ortho intramolecular Hbond substituents is 1. The number of carbonyl (C=O) groups is 1. The van der Waals surface area contributed by atoms with E-state index in [1.165, 1.54) is 6.21 Å². The van der Waals surface area contributed by atoms with Crippen molar-refractivity contribution in [1.29, 1.82) is 0 Å². The number of nitrogens with one attached hydrogen (secondary N) is 1. The smallest absolute Gasteiger partial charge is 0.272 e. The van der Waals surface area contributed by atoms with E-state index in [2.05, 4.69) is 58.3 Å². The van der Waals surface area contributed by atoms with E-state index < -0.39 is 0 Å². The van der Waals surface area contributed by atoms with Crippen molar-refractivity contribution in [2.24, 2.45) is 5.10 Å². The van der Waals surface area contributed by atoms with Crippen LogP contribution in [0.3, 0.4) is 0 Å². The second kappa shape index (κ2) is 7.20. The van der Waals surface area contributed by atoms with Crippen molar-refractivity contribution in [3.05, 3.63) is 60.9 Å². The van der Waals surface area contributed by atoms with E-state index in [9.17, 15) is 9.90 Å². The summed E-state index contributed by atoms with van der Waals surface area (Å²) in [6.45, 7) is 0. The van der Waals surface area contributed by atoms with Crippen LogP contribution in [-0.4, -0.2) is 17.2 Å². The van der Waals surface area contributed by atoms with Crippen LogP contribution >= 0.6 is 47.8 Å². The first-order chi connectivity index (χ1) is 9.99. The van der Waals surface area contributed by atoms with Gasteiger partial charge in [-0.25, -0.2) is 5.43 Å². The summed E-state index contributed by atoms with van der Waals surface area (Å²) in [5, 5.41) is 13.7. The molecule has 0 radical (unpaired) electrons. The molecule has 7 heteroatoms. The molecule has 0 bridgehead atoms. The van der Waals surface area contributed by atoms with Crippen LogP contribution in [0, 0.1) is 0 Å². The number of hydrazone groups is 1. The van der Waals surface area contributed by atoms with Crippen molar-refractivity contribution < 1.29 is 9.90 Å². The van der Waals surface area contributed by atoms with Gasteiger partial charge in [0.1, 0.15) is 5.75 Å². The van der Waals surface area contributed by atoms with Crippen LogP contribution in [-0.2, 0) is 0 Å². The maximum Gasteiger partial charge on any atom is 0.272 e. The normalized spacial score (nSPS) is 10.8. The Morgan fingerprint density at radius 3 is 2.57 bits per heavy atom. The standard InChI is InChI=1S/C14H9Br3N2O2/c15-9-5-8(13(20)12(17)6-9)7-18-19-14(21)10-3-1-2-4-11(10)16/h1-7,20H,(H,19,21). The molecule has 0 saturated heterocycles. The van der Waals surface area contributed by atoms with Gasteiger partial charge in [0.25, 0.3) is 5.91 Å². The molecular weight excluding hydrogens is 468 g/mol. The summed E-state index contributed by atoms with van der Waals surface area (Å²) >= 11 is 9.85. The molecule has 0 aliphatic heterocycles. The highest BCUT2D eigenvalue weighted by atomic mass is 79.9. The van der Waals surface area contributed by atoms with Gasteiger partial charge in [-0.05, 0) is 56.1 Å². The molecule has 0 saturated carbocycles. The average molecular weight is 477 g/mol. The Hall–Kier alpha value is -1.18. The summed E-state index contributed by atoms with van der Waals surface area (Å²) in [5.74, 6) is -0.288. The first kappa shape index (κ1) is 16.2. The lowest BCUT2D eigenvalue weighted by Gasteiger charge is -2.04. The maximum absolute atomic E-state index is 11.9. The van der Waals surface area contributed by atoms with Crippen molar-refractivity contribution in [3.8, 4) is 5.75 Å². The number of hydrogen-bond acceptors (Lipinski definition) is 3. The Labute approximate surface area is 146 Å². The molecule has 0 atom stereocenters. The van der Waals surface area contributed by atoms with Gasteiger partial charge in [-0.1, -0.05) is 28.1 Å². The van der Waals surface area contributed by atoms with Crippen LogP contribution in [0.15, 0.2) is 54.9 Å². The van der Waals surface area contributed by atoms with E-state index >= 15 is 0 Å². The summed E-state index contributed by atoms with van der Waals surface area (Å²) in [6, 6.07) is 10.4. The van der Waals surface area contributed by atoms with E-state index in [1.54, 1.807) is 30.3 Å².